The molecule has 2 aromatic carbocycles. The number of aromatic nitrogens is 1. The van der Waals surface area contributed by atoms with Gasteiger partial charge in [-0.1, -0.05) is 11.6 Å². The first-order valence-electron chi connectivity index (χ1n) is 7.59. The lowest BCUT2D eigenvalue weighted by Gasteiger charge is -2.10. The van der Waals surface area contributed by atoms with E-state index in [0.717, 1.165) is 11.1 Å². The van der Waals surface area contributed by atoms with E-state index in [1.807, 2.05) is 0 Å². The van der Waals surface area contributed by atoms with Crippen molar-refractivity contribution in [2.24, 2.45) is 0 Å². The van der Waals surface area contributed by atoms with Crippen LogP contribution in [0, 0.1) is 6.92 Å². The second-order valence-corrected chi connectivity index (χ2v) is 5.92. The van der Waals surface area contributed by atoms with Crippen LogP contribution >= 0.6 is 11.6 Å². The van der Waals surface area contributed by atoms with Crippen LogP contribution in [0.15, 0.2) is 65.6 Å². The maximum atomic E-state index is 11.3. The Kier molecular flexibility index (Phi) is 4.95. The minimum atomic E-state index is -0.468. The smallest absolute Gasteiger partial charge is 0.283 e. The number of nitrogens with zero attached hydrogens (tertiary/aromatic N) is 1. The number of benzene rings is 2. The Balaban J connectivity index is 1.64. The van der Waals surface area contributed by atoms with E-state index in [2.05, 4.69) is 0 Å². The van der Waals surface area contributed by atoms with Crippen LogP contribution in [-0.4, -0.2) is 9.94 Å². The minimum absolute atomic E-state index is 0.240. The van der Waals surface area contributed by atoms with Crippen LogP contribution in [0.5, 0.6) is 17.2 Å². The molecular weight excluding hydrogens is 342 g/mol. The molecule has 0 fully saturated rings. The van der Waals surface area contributed by atoms with Gasteiger partial charge in [-0.15, -0.1) is 0 Å². The number of aryl methyl sites for hydroxylation is 1. The van der Waals surface area contributed by atoms with E-state index in [1.54, 1.807) is 55.5 Å². The maximum absolute atomic E-state index is 11.3. The number of pyridine rings is 1. The summed E-state index contributed by atoms with van der Waals surface area (Å²) in [5, 5.41) is 10.1. The van der Waals surface area contributed by atoms with Gasteiger partial charge in [-0.3, -0.25) is 4.79 Å². The SMILES string of the molecule is Cc1cc(=O)n(O)cc1COc1ccc(Oc2ccc(Cl)cc2)cc1. The number of hydrogen-bond donors (Lipinski definition) is 1. The molecule has 3 rings (SSSR count). The molecule has 1 aromatic heterocycles. The zero-order valence-electron chi connectivity index (χ0n) is 13.5. The Morgan fingerprint density at radius 3 is 2.20 bits per heavy atom. The Morgan fingerprint density at radius 2 is 1.56 bits per heavy atom. The van der Waals surface area contributed by atoms with E-state index in [9.17, 15) is 10.0 Å². The van der Waals surface area contributed by atoms with Gasteiger partial charge in [0.25, 0.3) is 5.56 Å². The molecule has 1 heterocycles. The first-order valence-corrected chi connectivity index (χ1v) is 7.97. The topological polar surface area (TPSA) is 60.7 Å². The van der Waals surface area contributed by atoms with Crippen LogP contribution < -0.4 is 15.0 Å². The first-order chi connectivity index (χ1) is 12.0. The van der Waals surface area contributed by atoms with Gasteiger partial charge in [0, 0.05) is 16.7 Å². The monoisotopic (exact) mass is 357 g/mol. The molecule has 128 valence electrons. The molecule has 0 spiro atoms. The molecule has 5 nitrogen and oxygen atoms in total. The van der Waals surface area contributed by atoms with Crippen molar-refractivity contribution in [1.82, 2.24) is 4.73 Å². The normalized spacial score (nSPS) is 10.5. The predicted molar refractivity (Wildman–Crippen MR) is 94.9 cm³/mol. The molecule has 0 aliphatic carbocycles. The molecule has 25 heavy (non-hydrogen) atoms. The lowest BCUT2D eigenvalue weighted by atomic mass is 10.2. The van der Waals surface area contributed by atoms with Gasteiger partial charge < -0.3 is 14.7 Å². The van der Waals surface area contributed by atoms with Gasteiger partial charge in [0.15, 0.2) is 0 Å². The van der Waals surface area contributed by atoms with Gasteiger partial charge in [-0.25, -0.2) is 0 Å². The lowest BCUT2D eigenvalue weighted by molar-refractivity contribution is 0.171. The zero-order valence-corrected chi connectivity index (χ0v) is 14.2. The highest BCUT2D eigenvalue weighted by atomic mass is 35.5. The predicted octanol–water partition coefficient (Wildman–Crippen LogP) is 4.42. The number of ether oxygens (including phenoxy) is 2. The molecule has 6 heteroatoms. The van der Waals surface area contributed by atoms with Crippen molar-refractivity contribution in [3.8, 4) is 17.2 Å². The summed E-state index contributed by atoms with van der Waals surface area (Å²) in [4.78, 5) is 11.3. The third kappa shape index (κ3) is 4.33. The number of rotatable bonds is 5. The van der Waals surface area contributed by atoms with Crippen LogP contribution in [-0.2, 0) is 6.61 Å². The van der Waals surface area contributed by atoms with Gasteiger partial charge >= 0.3 is 0 Å². The summed E-state index contributed by atoms with van der Waals surface area (Å²) in [5.41, 5.74) is 1.02. The second kappa shape index (κ2) is 7.32. The summed E-state index contributed by atoms with van der Waals surface area (Å²) in [5.74, 6) is 2.02. The molecule has 3 aromatic rings. The third-order valence-electron chi connectivity index (χ3n) is 3.62. The van der Waals surface area contributed by atoms with Gasteiger partial charge in [0.2, 0.25) is 0 Å². The van der Waals surface area contributed by atoms with Gasteiger partial charge in [-0.2, -0.15) is 4.73 Å². The summed E-state index contributed by atoms with van der Waals surface area (Å²) in [6, 6.07) is 15.6. The zero-order chi connectivity index (χ0) is 17.8. The Labute approximate surface area is 149 Å². The van der Waals surface area contributed by atoms with Crippen molar-refractivity contribution in [2.75, 3.05) is 0 Å². The van der Waals surface area contributed by atoms with E-state index in [1.165, 1.54) is 12.3 Å². The summed E-state index contributed by atoms with van der Waals surface area (Å²) < 4.78 is 12.0. The van der Waals surface area contributed by atoms with Crippen LogP contribution in [0.2, 0.25) is 5.02 Å². The van der Waals surface area contributed by atoms with Crippen LogP contribution in [0.25, 0.3) is 0 Å². The maximum Gasteiger partial charge on any atom is 0.283 e. The van der Waals surface area contributed by atoms with E-state index in [4.69, 9.17) is 21.1 Å². The third-order valence-corrected chi connectivity index (χ3v) is 3.87. The fourth-order valence-electron chi connectivity index (χ4n) is 2.21. The minimum Gasteiger partial charge on any atom is -0.489 e. The lowest BCUT2D eigenvalue weighted by Crippen LogP contribution is -2.18. The number of hydrogen-bond acceptors (Lipinski definition) is 4. The molecule has 0 unspecified atom stereocenters. The average Bonchev–Trinajstić information content (AvgIpc) is 2.60. The van der Waals surface area contributed by atoms with E-state index in [-0.39, 0.29) is 6.61 Å². The van der Waals surface area contributed by atoms with Crippen molar-refractivity contribution in [1.29, 1.82) is 0 Å². The summed E-state index contributed by atoms with van der Waals surface area (Å²) >= 11 is 5.84. The van der Waals surface area contributed by atoms with Gasteiger partial charge in [0.05, 0.1) is 6.20 Å². The fraction of sp³-hybridized carbons (Fsp3) is 0.105. The molecule has 0 bridgehead atoms. The molecule has 0 amide bonds. The van der Waals surface area contributed by atoms with Crippen LogP contribution in [0.1, 0.15) is 11.1 Å². The highest BCUT2D eigenvalue weighted by Crippen LogP contribution is 2.25. The highest BCUT2D eigenvalue weighted by molar-refractivity contribution is 6.30. The first kappa shape index (κ1) is 16.9. The molecule has 0 aliphatic heterocycles. The van der Waals surface area contributed by atoms with Crippen LogP contribution in [0.4, 0.5) is 0 Å². The van der Waals surface area contributed by atoms with Gasteiger partial charge in [0.1, 0.15) is 23.9 Å². The Morgan fingerprint density at radius 1 is 1.00 bits per heavy atom. The number of halogens is 1. The van der Waals surface area contributed by atoms with Crippen molar-refractivity contribution in [3.63, 3.8) is 0 Å². The highest BCUT2D eigenvalue weighted by Gasteiger charge is 2.05. The Hall–Kier alpha value is -2.92. The van der Waals surface area contributed by atoms with Crippen molar-refractivity contribution in [3.05, 3.63) is 87.3 Å². The van der Waals surface area contributed by atoms with Crippen molar-refractivity contribution < 1.29 is 14.7 Å². The quantitative estimate of drug-likeness (QED) is 0.687. The molecule has 0 atom stereocenters. The standard InChI is InChI=1S/C19H16ClNO4/c1-13-10-19(22)21(23)11-14(13)12-24-16-6-8-18(9-7-16)25-17-4-2-15(20)3-5-17/h2-11,23H,12H2,1H3. The van der Waals surface area contributed by atoms with Crippen molar-refractivity contribution in [2.45, 2.75) is 13.5 Å². The molecular formula is C19H16ClNO4. The molecule has 0 saturated carbocycles. The fourth-order valence-corrected chi connectivity index (χ4v) is 2.34. The van der Waals surface area contributed by atoms with E-state index in [0.29, 0.717) is 27.0 Å². The van der Waals surface area contributed by atoms with Crippen LogP contribution in [0.3, 0.4) is 0 Å². The van der Waals surface area contributed by atoms with Crippen molar-refractivity contribution >= 4 is 11.6 Å². The second-order valence-electron chi connectivity index (χ2n) is 5.48. The van der Waals surface area contributed by atoms with E-state index < -0.39 is 5.56 Å². The summed E-state index contributed by atoms with van der Waals surface area (Å²) in [7, 11) is 0. The molecule has 0 aliphatic rings. The Bertz CT molecular complexity index is 918. The molecule has 0 saturated heterocycles. The van der Waals surface area contributed by atoms with E-state index >= 15 is 0 Å². The molecule has 1 N–H and O–H groups in total. The summed E-state index contributed by atoms with van der Waals surface area (Å²) in [6.07, 6.45) is 1.36. The molecule has 0 radical (unpaired) electrons. The largest absolute Gasteiger partial charge is 0.489 e. The average molecular weight is 358 g/mol. The van der Waals surface area contributed by atoms with Gasteiger partial charge in [-0.05, 0) is 61.0 Å². The summed E-state index contributed by atoms with van der Waals surface area (Å²) in [6.45, 7) is 2.03.